The summed E-state index contributed by atoms with van der Waals surface area (Å²) in [6.45, 7) is 17.1. The molecule has 0 N–H and O–H groups in total. The second kappa shape index (κ2) is 11.6. The van der Waals surface area contributed by atoms with Gasteiger partial charge in [0.15, 0.2) is 0 Å². The normalized spacial score (nSPS) is 15.7. The molecule has 0 aromatic rings. The molecule has 0 aliphatic carbocycles. The molecule has 0 aromatic heterocycles. The quantitative estimate of drug-likeness (QED) is 0.411. The molecule has 4 nitrogen and oxygen atoms in total. The Hall–Kier alpha value is 0.870. The molecule has 0 aliphatic heterocycles. The van der Waals surface area contributed by atoms with Crippen LogP contribution < -0.4 is 0 Å². The van der Waals surface area contributed by atoms with Gasteiger partial charge in [-0.05, 0) is 42.9 Å². The van der Waals surface area contributed by atoms with Gasteiger partial charge in [-0.3, -0.25) is 0 Å². The Balaban J connectivity index is 0. The Morgan fingerprint density at radius 3 is 1.83 bits per heavy atom. The van der Waals surface area contributed by atoms with Crippen molar-refractivity contribution < 1.29 is 16.8 Å². The van der Waals surface area contributed by atoms with E-state index in [1.54, 1.807) is 6.92 Å². The minimum absolute atomic E-state index is 0. The van der Waals surface area contributed by atoms with Gasteiger partial charge in [-0.2, -0.15) is 8.42 Å². The van der Waals surface area contributed by atoms with Crippen LogP contribution in [0.1, 0.15) is 87.5 Å². The molecule has 142 valence electrons. The van der Waals surface area contributed by atoms with Gasteiger partial charge in [0.25, 0.3) is 0 Å². The first-order chi connectivity index (χ1) is 10.2. The molecule has 0 fully saturated rings. The molecule has 0 bridgehead atoms. The standard InChI is InChI=1S/C18H38O4S.Na.H/c1-15(13-17(3,4)5)11-9-10-12-21-23(19,20)22-16(2)14-18(6,7)8;;/h15-16H,9-14H2,1-8H3;;. The summed E-state index contributed by atoms with van der Waals surface area (Å²) in [4.78, 5) is 0. The Bertz CT molecular complexity index is 421. The summed E-state index contributed by atoms with van der Waals surface area (Å²) < 4.78 is 33.5. The van der Waals surface area contributed by atoms with Gasteiger partial charge in [0.1, 0.15) is 0 Å². The van der Waals surface area contributed by atoms with Crippen molar-refractivity contribution in [3.63, 3.8) is 0 Å². The zero-order valence-corrected chi connectivity index (χ0v) is 17.3. The van der Waals surface area contributed by atoms with Gasteiger partial charge in [0.2, 0.25) is 0 Å². The summed E-state index contributed by atoms with van der Waals surface area (Å²) in [6, 6.07) is 0. The maximum atomic E-state index is 11.8. The summed E-state index contributed by atoms with van der Waals surface area (Å²) in [5, 5.41) is 0. The van der Waals surface area contributed by atoms with Gasteiger partial charge in [-0.25, -0.2) is 8.37 Å². The van der Waals surface area contributed by atoms with E-state index >= 15 is 0 Å². The molecule has 0 aromatic carbocycles. The summed E-state index contributed by atoms with van der Waals surface area (Å²) in [5.74, 6) is 0.648. The fourth-order valence-electron chi connectivity index (χ4n) is 3.03. The van der Waals surface area contributed by atoms with Gasteiger partial charge >= 0.3 is 40.0 Å². The second-order valence-electron chi connectivity index (χ2n) is 9.27. The van der Waals surface area contributed by atoms with Crippen LogP contribution in [0.4, 0.5) is 0 Å². The zero-order chi connectivity index (χ0) is 18.3. The van der Waals surface area contributed by atoms with Crippen molar-refractivity contribution in [1.82, 2.24) is 0 Å². The third-order valence-electron chi connectivity index (χ3n) is 3.46. The van der Waals surface area contributed by atoms with Crippen LogP contribution in [-0.4, -0.2) is 50.7 Å². The topological polar surface area (TPSA) is 52.6 Å². The molecule has 0 saturated carbocycles. The molecule has 6 heteroatoms. The van der Waals surface area contributed by atoms with E-state index in [2.05, 4.69) is 48.5 Å². The van der Waals surface area contributed by atoms with E-state index in [-0.39, 0.29) is 47.7 Å². The Kier molecular flexibility index (Phi) is 13.0. The Morgan fingerprint density at radius 1 is 0.875 bits per heavy atom. The van der Waals surface area contributed by atoms with Crippen molar-refractivity contribution >= 4 is 40.0 Å². The van der Waals surface area contributed by atoms with Crippen LogP contribution in [0.25, 0.3) is 0 Å². The van der Waals surface area contributed by atoms with Crippen molar-refractivity contribution in [3.05, 3.63) is 0 Å². The van der Waals surface area contributed by atoms with Gasteiger partial charge < -0.3 is 0 Å². The van der Waals surface area contributed by atoms with E-state index in [0.717, 1.165) is 19.3 Å². The fraction of sp³-hybridized carbons (Fsp3) is 1.00. The summed E-state index contributed by atoms with van der Waals surface area (Å²) >= 11 is 0. The molecule has 2 atom stereocenters. The van der Waals surface area contributed by atoms with Gasteiger partial charge in [0.05, 0.1) is 12.7 Å². The van der Waals surface area contributed by atoms with E-state index in [9.17, 15) is 8.42 Å². The molecular weight excluding hydrogens is 335 g/mol. The third kappa shape index (κ3) is 17.7. The van der Waals surface area contributed by atoms with Crippen molar-refractivity contribution in [3.8, 4) is 0 Å². The minimum atomic E-state index is -3.88. The van der Waals surface area contributed by atoms with E-state index < -0.39 is 10.4 Å². The van der Waals surface area contributed by atoms with Crippen LogP contribution in [0.2, 0.25) is 0 Å². The van der Waals surface area contributed by atoms with Crippen LogP contribution in [0.3, 0.4) is 0 Å². The molecule has 0 radical (unpaired) electrons. The van der Waals surface area contributed by atoms with Crippen LogP contribution in [0.5, 0.6) is 0 Å². The molecule has 0 spiro atoms. The van der Waals surface area contributed by atoms with Crippen molar-refractivity contribution in [2.45, 2.75) is 93.6 Å². The molecule has 24 heavy (non-hydrogen) atoms. The van der Waals surface area contributed by atoms with E-state index in [0.29, 0.717) is 17.8 Å². The average molecular weight is 375 g/mol. The van der Waals surface area contributed by atoms with Crippen LogP contribution in [0, 0.1) is 16.7 Å². The zero-order valence-electron chi connectivity index (χ0n) is 16.4. The molecule has 0 saturated heterocycles. The van der Waals surface area contributed by atoms with Gasteiger partial charge in [-0.15, -0.1) is 0 Å². The van der Waals surface area contributed by atoms with Crippen molar-refractivity contribution in [2.75, 3.05) is 6.61 Å². The number of rotatable bonds is 10. The predicted molar refractivity (Wildman–Crippen MR) is 104 cm³/mol. The predicted octanol–water partition coefficient (Wildman–Crippen LogP) is 4.68. The van der Waals surface area contributed by atoms with Crippen molar-refractivity contribution in [2.24, 2.45) is 16.7 Å². The number of unbranched alkanes of at least 4 members (excludes halogenated alkanes) is 1. The third-order valence-corrected chi connectivity index (χ3v) is 4.48. The first kappa shape index (κ1) is 27.1. The van der Waals surface area contributed by atoms with Gasteiger partial charge in [-0.1, -0.05) is 61.3 Å². The Morgan fingerprint density at radius 2 is 1.38 bits per heavy atom. The average Bonchev–Trinajstić information content (AvgIpc) is 2.21. The molecule has 0 rings (SSSR count). The number of hydrogen-bond donors (Lipinski definition) is 0. The SMILES string of the molecule is CC(CCCCOS(=O)(=O)OC(C)CC(C)(C)C)CC(C)(C)C.[NaH]. The summed E-state index contributed by atoms with van der Waals surface area (Å²) in [5.41, 5.74) is 0.369. The van der Waals surface area contributed by atoms with E-state index in [1.165, 1.54) is 6.42 Å². The van der Waals surface area contributed by atoms with Crippen LogP contribution >= 0.6 is 0 Å². The second-order valence-corrected chi connectivity index (χ2v) is 10.5. The fourth-order valence-corrected chi connectivity index (χ4v) is 3.88. The molecule has 0 aliphatic rings. The van der Waals surface area contributed by atoms with E-state index in [4.69, 9.17) is 8.37 Å². The molecule has 0 heterocycles. The molecule has 0 amide bonds. The Labute approximate surface area is 173 Å². The summed E-state index contributed by atoms with van der Waals surface area (Å²) in [7, 11) is -3.88. The first-order valence-corrected chi connectivity index (χ1v) is 10.1. The monoisotopic (exact) mass is 374 g/mol. The van der Waals surface area contributed by atoms with Crippen LogP contribution in [-0.2, 0) is 18.8 Å². The van der Waals surface area contributed by atoms with Crippen LogP contribution in [0.15, 0.2) is 0 Å². The van der Waals surface area contributed by atoms with Gasteiger partial charge in [0, 0.05) is 0 Å². The summed E-state index contributed by atoms with van der Waals surface area (Å²) in [6.07, 6.45) is 4.29. The van der Waals surface area contributed by atoms with Crippen molar-refractivity contribution in [1.29, 1.82) is 0 Å². The first-order valence-electron chi connectivity index (χ1n) is 8.78. The number of hydrogen-bond acceptors (Lipinski definition) is 4. The van der Waals surface area contributed by atoms with E-state index in [1.807, 2.05) is 0 Å². The maximum absolute atomic E-state index is 11.8. The molecule has 2 unspecified atom stereocenters. The molecular formula is C18H39NaO4S.